The highest BCUT2D eigenvalue weighted by Gasteiger charge is 2.26. The molecule has 0 bridgehead atoms. The molecule has 0 radical (unpaired) electrons. The summed E-state index contributed by atoms with van der Waals surface area (Å²) in [5, 5.41) is 12.8. The van der Waals surface area contributed by atoms with E-state index in [1.807, 2.05) is 0 Å². The Morgan fingerprint density at radius 1 is 1.12 bits per heavy atom. The van der Waals surface area contributed by atoms with E-state index < -0.39 is 23.4 Å². The van der Waals surface area contributed by atoms with E-state index in [-0.39, 0.29) is 23.0 Å². The molecule has 1 amide bonds. The molecule has 1 heterocycles. The number of aromatic hydroxyl groups is 1. The Hall–Kier alpha value is -3.61. The lowest BCUT2D eigenvalue weighted by molar-refractivity contribution is -0.132. The highest BCUT2D eigenvalue weighted by molar-refractivity contribution is 6.05. The molecule has 0 unspecified atom stereocenters. The van der Waals surface area contributed by atoms with Crippen LogP contribution >= 0.6 is 0 Å². The summed E-state index contributed by atoms with van der Waals surface area (Å²) in [5.74, 6) is -3.05. The van der Waals surface area contributed by atoms with Crippen molar-refractivity contribution in [2.45, 2.75) is 6.92 Å². The zero-order chi connectivity index (χ0) is 18.7. The van der Waals surface area contributed by atoms with Gasteiger partial charge >= 0.3 is 5.97 Å². The van der Waals surface area contributed by atoms with Gasteiger partial charge in [-0.3, -0.25) is 14.9 Å². The summed E-state index contributed by atoms with van der Waals surface area (Å²) in [6.45, 7) is 1.14. The van der Waals surface area contributed by atoms with Gasteiger partial charge in [0.25, 0.3) is 5.91 Å². The van der Waals surface area contributed by atoms with Crippen LogP contribution in [0.1, 0.15) is 17.3 Å². The number of halogens is 1. The number of anilines is 1. The van der Waals surface area contributed by atoms with Crippen molar-refractivity contribution in [2.75, 3.05) is 5.32 Å². The topological polar surface area (TPSA) is 88.8 Å². The molecule has 2 N–H and O–H groups in total. The Kier molecular flexibility index (Phi) is 4.70. The SMILES string of the molecule is CC(=O)Oc1c(NC(=O)c2ccccc2)oc(-c2cccc(F)c2)c1O. The Balaban J connectivity index is 2.02. The van der Waals surface area contributed by atoms with Gasteiger partial charge in [0, 0.05) is 18.1 Å². The maximum atomic E-state index is 13.5. The zero-order valence-electron chi connectivity index (χ0n) is 13.7. The third-order valence-corrected chi connectivity index (χ3v) is 3.44. The van der Waals surface area contributed by atoms with Gasteiger partial charge in [-0.25, -0.2) is 4.39 Å². The average molecular weight is 355 g/mol. The zero-order valence-corrected chi connectivity index (χ0v) is 13.7. The molecule has 0 atom stereocenters. The molecule has 3 rings (SSSR count). The highest BCUT2D eigenvalue weighted by Crippen LogP contribution is 2.46. The van der Waals surface area contributed by atoms with E-state index in [2.05, 4.69) is 5.32 Å². The first-order chi connectivity index (χ1) is 12.5. The number of hydrogen-bond donors (Lipinski definition) is 2. The Labute approximate surface area is 147 Å². The van der Waals surface area contributed by atoms with Gasteiger partial charge in [-0.2, -0.15) is 0 Å². The van der Waals surface area contributed by atoms with Crippen molar-refractivity contribution >= 4 is 17.8 Å². The van der Waals surface area contributed by atoms with E-state index in [4.69, 9.17) is 9.15 Å². The number of ether oxygens (including phenoxy) is 1. The number of rotatable bonds is 4. The number of carbonyl (C=O) groups excluding carboxylic acids is 2. The predicted octanol–water partition coefficient (Wildman–Crippen LogP) is 3.97. The summed E-state index contributed by atoms with van der Waals surface area (Å²) in [6.07, 6.45) is 0. The summed E-state index contributed by atoms with van der Waals surface area (Å²) in [4.78, 5) is 23.6. The van der Waals surface area contributed by atoms with Crippen LogP contribution in [0, 0.1) is 5.82 Å². The smallest absolute Gasteiger partial charge is 0.308 e. The second-order valence-corrected chi connectivity index (χ2v) is 5.36. The fourth-order valence-corrected chi connectivity index (χ4v) is 2.32. The third kappa shape index (κ3) is 3.56. The number of carbonyl (C=O) groups is 2. The van der Waals surface area contributed by atoms with Crippen molar-refractivity contribution < 1.29 is 28.2 Å². The molecule has 0 aliphatic heterocycles. The lowest BCUT2D eigenvalue weighted by atomic mass is 10.1. The van der Waals surface area contributed by atoms with Gasteiger partial charge in [-0.15, -0.1) is 0 Å². The second kappa shape index (κ2) is 7.10. The van der Waals surface area contributed by atoms with Crippen molar-refractivity contribution in [3.05, 3.63) is 66.0 Å². The van der Waals surface area contributed by atoms with E-state index in [0.717, 1.165) is 13.0 Å². The number of hydrogen-bond acceptors (Lipinski definition) is 5. The molecule has 0 aliphatic rings. The minimum Gasteiger partial charge on any atom is -0.502 e. The van der Waals surface area contributed by atoms with Crippen LogP contribution in [0.4, 0.5) is 10.3 Å². The van der Waals surface area contributed by atoms with Crippen LogP contribution in [0.2, 0.25) is 0 Å². The number of furan rings is 1. The minimum atomic E-state index is -0.720. The quantitative estimate of drug-likeness (QED) is 0.691. The van der Waals surface area contributed by atoms with E-state index in [1.165, 1.54) is 18.2 Å². The normalized spacial score (nSPS) is 10.4. The molecular formula is C19H14FNO5. The molecule has 132 valence electrons. The van der Waals surface area contributed by atoms with Gasteiger partial charge in [0.15, 0.2) is 5.76 Å². The van der Waals surface area contributed by atoms with Crippen LogP contribution in [-0.2, 0) is 4.79 Å². The van der Waals surface area contributed by atoms with Crippen molar-refractivity contribution in [3.8, 4) is 22.8 Å². The monoisotopic (exact) mass is 355 g/mol. The fourth-order valence-electron chi connectivity index (χ4n) is 2.32. The lowest BCUT2D eigenvalue weighted by Gasteiger charge is -2.04. The first-order valence-corrected chi connectivity index (χ1v) is 7.62. The third-order valence-electron chi connectivity index (χ3n) is 3.44. The molecule has 0 saturated carbocycles. The van der Waals surface area contributed by atoms with Crippen LogP contribution in [0.5, 0.6) is 11.5 Å². The van der Waals surface area contributed by atoms with E-state index in [0.29, 0.717) is 5.56 Å². The maximum Gasteiger partial charge on any atom is 0.308 e. The van der Waals surface area contributed by atoms with Crippen LogP contribution in [0.25, 0.3) is 11.3 Å². The van der Waals surface area contributed by atoms with E-state index >= 15 is 0 Å². The summed E-state index contributed by atoms with van der Waals surface area (Å²) < 4.78 is 23.9. The molecule has 26 heavy (non-hydrogen) atoms. The van der Waals surface area contributed by atoms with Gasteiger partial charge in [0.05, 0.1) is 0 Å². The van der Waals surface area contributed by atoms with Gasteiger partial charge in [-0.05, 0) is 24.3 Å². The van der Waals surface area contributed by atoms with Gasteiger partial charge < -0.3 is 14.3 Å². The summed E-state index contributed by atoms with van der Waals surface area (Å²) in [5.41, 5.74) is 0.556. The number of nitrogens with one attached hydrogen (secondary N) is 1. The first-order valence-electron chi connectivity index (χ1n) is 7.62. The fraction of sp³-hybridized carbons (Fsp3) is 0.0526. The second-order valence-electron chi connectivity index (χ2n) is 5.36. The highest BCUT2D eigenvalue weighted by atomic mass is 19.1. The molecule has 2 aromatic carbocycles. The predicted molar refractivity (Wildman–Crippen MR) is 91.5 cm³/mol. The van der Waals surface area contributed by atoms with E-state index in [1.54, 1.807) is 30.3 Å². The van der Waals surface area contributed by atoms with Crippen molar-refractivity contribution in [2.24, 2.45) is 0 Å². The summed E-state index contributed by atoms with van der Waals surface area (Å²) in [7, 11) is 0. The molecule has 0 aliphatic carbocycles. The molecule has 0 spiro atoms. The van der Waals surface area contributed by atoms with Crippen molar-refractivity contribution in [1.29, 1.82) is 0 Å². The van der Waals surface area contributed by atoms with Crippen LogP contribution in [0.15, 0.2) is 59.0 Å². The number of amides is 1. The molecule has 6 nitrogen and oxygen atoms in total. The maximum absolute atomic E-state index is 13.5. The molecular weight excluding hydrogens is 341 g/mol. The van der Waals surface area contributed by atoms with E-state index in [9.17, 15) is 19.1 Å². The molecule has 1 aromatic heterocycles. The van der Waals surface area contributed by atoms with Gasteiger partial charge in [0.1, 0.15) is 5.82 Å². The first kappa shape index (κ1) is 17.2. The standard InChI is InChI=1S/C19H14FNO5/c1-11(22)25-17-15(23)16(13-8-5-9-14(20)10-13)26-19(17)21-18(24)12-6-3-2-4-7-12/h2-10,23H,1H3,(H,21,24). The molecule has 0 fully saturated rings. The Morgan fingerprint density at radius 3 is 2.50 bits per heavy atom. The number of esters is 1. The summed E-state index contributed by atoms with van der Waals surface area (Å²) in [6, 6.07) is 13.6. The minimum absolute atomic E-state index is 0.135. The molecule has 3 aromatic rings. The largest absolute Gasteiger partial charge is 0.502 e. The lowest BCUT2D eigenvalue weighted by Crippen LogP contribution is -2.12. The van der Waals surface area contributed by atoms with Crippen LogP contribution in [0.3, 0.4) is 0 Å². The average Bonchev–Trinajstić information content (AvgIpc) is 2.91. The molecule has 7 heteroatoms. The van der Waals surface area contributed by atoms with Crippen molar-refractivity contribution in [3.63, 3.8) is 0 Å². The summed E-state index contributed by atoms with van der Waals surface area (Å²) >= 11 is 0. The van der Waals surface area contributed by atoms with Crippen LogP contribution < -0.4 is 10.1 Å². The van der Waals surface area contributed by atoms with Crippen molar-refractivity contribution in [1.82, 2.24) is 0 Å². The molecule has 0 saturated heterocycles. The Morgan fingerprint density at radius 2 is 1.85 bits per heavy atom. The van der Waals surface area contributed by atoms with Crippen LogP contribution in [-0.4, -0.2) is 17.0 Å². The number of benzene rings is 2. The Bertz CT molecular complexity index is 965. The van der Waals surface area contributed by atoms with Gasteiger partial charge in [0.2, 0.25) is 17.4 Å². The van der Waals surface area contributed by atoms with Gasteiger partial charge in [-0.1, -0.05) is 30.3 Å².